The third-order valence-corrected chi connectivity index (χ3v) is 9.00. The van der Waals surface area contributed by atoms with Crippen LogP contribution in [0.1, 0.15) is 58.3 Å². The highest BCUT2D eigenvalue weighted by atomic mass is 16.5. The standard InChI is InChI=1S/C36H42N4O6/c1-23-9-15-28(19-24(23)2)38-33(41)22-39-30-8-6-5-7-29(30)35(43)40(36(39)44)21-26-10-13-27(14-11-26)34(42)37-18-17-25-12-16-31(45-3)32(20-25)46-4/h9-16,19-20,29-30H,5-8,17-18,21-22H2,1-4H3,(H,37,42)(H,38,41). The lowest BCUT2D eigenvalue weighted by Crippen LogP contribution is -2.63. The summed E-state index contributed by atoms with van der Waals surface area (Å²) in [6, 6.07) is 17.5. The molecule has 1 saturated carbocycles. The van der Waals surface area contributed by atoms with E-state index in [1.165, 1.54) is 4.90 Å². The summed E-state index contributed by atoms with van der Waals surface area (Å²) in [7, 11) is 3.17. The average molecular weight is 627 g/mol. The minimum Gasteiger partial charge on any atom is -0.493 e. The number of carbonyl (C=O) groups excluding carboxylic acids is 4. The summed E-state index contributed by atoms with van der Waals surface area (Å²) in [6.07, 6.45) is 3.82. The Morgan fingerprint density at radius 3 is 2.28 bits per heavy atom. The molecule has 0 aromatic heterocycles. The molecule has 10 nitrogen and oxygen atoms in total. The Bertz CT molecular complexity index is 1600. The minimum atomic E-state index is -0.458. The van der Waals surface area contributed by atoms with Crippen LogP contribution in [0.2, 0.25) is 0 Å². The molecule has 0 radical (unpaired) electrons. The van der Waals surface area contributed by atoms with Crippen molar-refractivity contribution in [2.24, 2.45) is 5.92 Å². The van der Waals surface area contributed by atoms with Crippen molar-refractivity contribution in [2.45, 2.75) is 58.5 Å². The zero-order chi connectivity index (χ0) is 32.8. The van der Waals surface area contributed by atoms with Crippen LogP contribution in [0.3, 0.4) is 0 Å². The molecule has 2 N–H and O–H groups in total. The van der Waals surface area contributed by atoms with Gasteiger partial charge in [-0.2, -0.15) is 0 Å². The largest absolute Gasteiger partial charge is 0.493 e. The molecule has 2 aliphatic rings. The highest BCUT2D eigenvalue weighted by Crippen LogP contribution is 2.35. The summed E-state index contributed by atoms with van der Waals surface area (Å²) in [5.41, 5.74) is 5.07. The van der Waals surface area contributed by atoms with Gasteiger partial charge in [0.1, 0.15) is 6.54 Å². The lowest BCUT2D eigenvalue weighted by Gasteiger charge is -2.46. The second-order valence-electron chi connectivity index (χ2n) is 12.0. The van der Waals surface area contributed by atoms with Gasteiger partial charge in [0, 0.05) is 23.8 Å². The average Bonchev–Trinajstić information content (AvgIpc) is 3.06. The minimum absolute atomic E-state index is 0.0668. The van der Waals surface area contributed by atoms with Gasteiger partial charge < -0.3 is 25.0 Å². The summed E-state index contributed by atoms with van der Waals surface area (Å²) in [6.45, 7) is 4.36. The Morgan fingerprint density at radius 2 is 1.57 bits per heavy atom. The molecule has 242 valence electrons. The first-order chi connectivity index (χ1) is 22.2. The van der Waals surface area contributed by atoms with E-state index >= 15 is 0 Å². The van der Waals surface area contributed by atoms with Crippen molar-refractivity contribution in [2.75, 3.05) is 32.6 Å². The number of carbonyl (C=O) groups is 4. The van der Waals surface area contributed by atoms with Crippen LogP contribution < -0.4 is 20.1 Å². The van der Waals surface area contributed by atoms with Crippen molar-refractivity contribution in [1.29, 1.82) is 0 Å². The third-order valence-electron chi connectivity index (χ3n) is 9.00. The van der Waals surface area contributed by atoms with Crippen molar-refractivity contribution in [3.8, 4) is 11.5 Å². The predicted octanol–water partition coefficient (Wildman–Crippen LogP) is 5.25. The first kappa shape index (κ1) is 32.5. The van der Waals surface area contributed by atoms with Gasteiger partial charge in [0.15, 0.2) is 11.5 Å². The molecule has 1 aliphatic heterocycles. The molecule has 2 fully saturated rings. The van der Waals surface area contributed by atoms with E-state index in [1.54, 1.807) is 43.4 Å². The number of rotatable bonds is 11. The van der Waals surface area contributed by atoms with Crippen molar-refractivity contribution in [3.05, 3.63) is 88.5 Å². The second kappa shape index (κ2) is 14.5. The molecule has 46 heavy (non-hydrogen) atoms. The van der Waals surface area contributed by atoms with Crippen LogP contribution in [0.15, 0.2) is 60.7 Å². The maximum Gasteiger partial charge on any atom is 0.327 e. The van der Waals surface area contributed by atoms with Crippen molar-refractivity contribution < 1.29 is 28.7 Å². The maximum atomic E-state index is 13.7. The van der Waals surface area contributed by atoms with E-state index in [0.717, 1.165) is 35.1 Å². The van der Waals surface area contributed by atoms with E-state index < -0.39 is 6.03 Å². The molecular formula is C36H42N4O6. The van der Waals surface area contributed by atoms with Gasteiger partial charge in [-0.15, -0.1) is 0 Å². The number of benzene rings is 3. The monoisotopic (exact) mass is 626 g/mol. The van der Waals surface area contributed by atoms with Crippen molar-refractivity contribution in [1.82, 2.24) is 15.1 Å². The number of aryl methyl sites for hydroxylation is 2. The third kappa shape index (κ3) is 7.33. The van der Waals surface area contributed by atoms with Crippen LogP contribution in [0.25, 0.3) is 0 Å². The number of methoxy groups -OCH3 is 2. The molecule has 0 spiro atoms. The molecule has 3 aromatic carbocycles. The van der Waals surface area contributed by atoms with E-state index in [1.807, 2.05) is 50.2 Å². The van der Waals surface area contributed by atoms with E-state index in [2.05, 4.69) is 10.6 Å². The molecular weight excluding hydrogens is 584 g/mol. The van der Waals surface area contributed by atoms with Gasteiger partial charge in [0.05, 0.1) is 26.7 Å². The lowest BCUT2D eigenvalue weighted by atomic mass is 9.81. The number of urea groups is 1. The Kier molecular flexibility index (Phi) is 10.2. The number of hydrogen-bond donors (Lipinski definition) is 2. The van der Waals surface area contributed by atoms with Gasteiger partial charge in [-0.1, -0.05) is 37.1 Å². The zero-order valence-electron chi connectivity index (χ0n) is 26.9. The fourth-order valence-corrected chi connectivity index (χ4v) is 6.27. The van der Waals surface area contributed by atoms with Gasteiger partial charge in [-0.25, -0.2) is 4.79 Å². The van der Waals surface area contributed by atoms with Crippen LogP contribution in [0, 0.1) is 19.8 Å². The summed E-state index contributed by atoms with van der Waals surface area (Å²) < 4.78 is 10.6. The van der Waals surface area contributed by atoms with Gasteiger partial charge in [-0.3, -0.25) is 19.3 Å². The van der Waals surface area contributed by atoms with Crippen LogP contribution in [-0.4, -0.2) is 66.9 Å². The van der Waals surface area contributed by atoms with Crippen LogP contribution in [0.4, 0.5) is 10.5 Å². The topological polar surface area (TPSA) is 117 Å². The number of anilines is 1. The molecule has 1 saturated heterocycles. The van der Waals surface area contributed by atoms with Gasteiger partial charge in [-0.05, 0) is 91.8 Å². The van der Waals surface area contributed by atoms with E-state index in [4.69, 9.17) is 9.47 Å². The lowest BCUT2D eigenvalue weighted by molar-refractivity contribution is -0.142. The maximum absolute atomic E-state index is 13.7. The summed E-state index contributed by atoms with van der Waals surface area (Å²) in [4.78, 5) is 56.0. The van der Waals surface area contributed by atoms with E-state index in [9.17, 15) is 19.2 Å². The molecule has 3 aromatic rings. The summed E-state index contributed by atoms with van der Waals surface area (Å²) in [5, 5.41) is 5.85. The molecule has 5 rings (SSSR count). The van der Waals surface area contributed by atoms with Crippen molar-refractivity contribution in [3.63, 3.8) is 0 Å². The summed E-state index contributed by atoms with van der Waals surface area (Å²) >= 11 is 0. The highest BCUT2D eigenvalue weighted by molar-refractivity contribution is 6.01. The van der Waals surface area contributed by atoms with E-state index in [0.29, 0.717) is 48.6 Å². The number of amides is 5. The van der Waals surface area contributed by atoms with Crippen LogP contribution in [-0.2, 0) is 22.6 Å². The molecule has 2 atom stereocenters. The number of ether oxygens (including phenoxy) is 2. The number of fused-ring (bicyclic) bond motifs is 1. The Morgan fingerprint density at radius 1 is 0.848 bits per heavy atom. The number of nitrogens with one attached hydrogen (secondary N) is 2. The predicted molar refractivity (Wildman–Crippen MR) is 175 cm³/mol. The normalized spacial score (nSPS) is 17.7. The molecule has 1 heterocycles. The van der Waals surface area contributed by atoms with Crippen molar-refractivity contribution >= 4 is 29.4 Å². The molecule has 1 aliphatic carbocycles. The van der Waals surface area contributed by atoms with Crippen LogP contribution >= 0.6 is 0 Å². The quantitative estimate of drug-likeness (QED) is 0.300. The smallest absolute Gasteiger partial charge is 0.327 e. The highest BCUT2D eigenvalue weighted by Gasteiger charge is 2.47. The van der Waals surface area contributed by atoms with Gasteiger partial charge in [0.25, 0.3) is 5.91 Å². The molecule has 5 amide bonds. The number of imide groups is 1. The zero-order valence-corrected chi connectivity index (χ0v) is 26.9. The Balaban J connectivity index is 1.21. The molecule has 0 bridgehead atoms. The second-order valence-corrected chi connectivity index (χ2v) is 12.0. The fraction of sp³-hybridized carbons (Fsp3) is 0.389. The first-order valence-corrected chi connectivity index (χ1v) is 15.8. The number of hydrogen-bond acceptors (Lipinski definition) is 6. The summed E-state index contributed by atoms with van der Waals surface area (Å²) in [5.74, 6) is 0.234. The van der Waals surface area contributed by atoms with Gasteiger partial charge in [0.2, 0.25) is 11.8 Å². The fourth-order valence-electron chi connectivity index (χ4n) is 6.27. The van der Waals surface area contributed by atoms with E-state index in [-0.39, 0.29) is 42.8 Å². The molecule has 10 heteroatoms. The first-order valence-electron chi connectivity index (χ1n) is 15.8. The van der Waals surface area contributed by atoms with Crippen LogP contribution in [0.5, 0.6) is 11.5 Å². The number of nitrogens with zero attached hydrogens (tertiary/aromatic N) is 2. The Hall–Kier alpha value is -4.86. The SMILES string of the molecule is COc1ccc(CCNC(=O)c2ccc(CN3C(=O)C4CCCCC4N(CC(=O)Nc4ccc(C)c(C)c4)C3=O)cc2)cc1OC. The molecule has 2 unspecified atom stereocenters. The van der Waals surface area contributed by atoms with Gasteiger partial charge >= 0.3 is 6.03 Å². The Labute approximate surface area is 270 Å².